The van der Waals surface area contributed by atoms with Gasteiger partial charge >= 0.3 is 0 Å². The molecule has 2 aliphatic rings. The Morgan fingerprint density at radius 1 is 1.44 bits per heavy atom. The van der Waals surface area contributed by atoms with Gasteiger partial charge in [0.1, 0.15) is 0 Å². The zero-order valence-corrected chi connectivity index (χ0v) is 12.9. The maximum Gasteiger partial charge on any atom is 0.0694 e. The van der Waals surface area contributed by atoms with Crippen LogP contribution in [0.4, 0.5) is 5.69 Å². The maximum absolute atomic E-state index is 6.02. The monoisotopic (exact) mass is 329 g/mol. The summed E-state index contributed by atoms with van der Waals surface area (Å²) in [7, 11) is 0. The van der Waals surface area contributed by atoms with E-state index in [-0.39, 0.29) is 5.41 Å². The standard InChI is InChI=1S/C14H17BrClNO/c1-14(2)12(9-5-6-18-13(9)14)17-8-3-4-11(16)10(15)7-8/h3-4,7,9,12-13,17H,5-6H2,1-2H3. The molecule has 1 aromatic rings. The first-order valence-electron chi connectivity index (χ1n) is 6.33. The number of nitrogens with one attached hydrogen (secondary N) is 1. The van der Waals surface area contributed by atoms with Gasteiger partial charge in [-0.05, 0) is 40.5 Å². The zero-order chi connectivity index (χ0) is 12.9. The third-order valence-electron chi connectivity index (χ3n) is 4.34. The van der Waals surface area contributed by atoms with Gasteiger partial charge in [-0.1, -0.05) is 25.4 Å². The van der Waals surface area contributed by atoms with Gasteiger partial charge in [-0.3, -0.25) is 0 Å². The minimum Gasteiger partial charge on any atom is -0.381 e. The molecule has 1 saturated heterocycles. The molecular formula is C14H17BrClNO. The first kappa shape index (κ1) is 12.8. The summed E-state index contributed by atoms with van der Waals surface area (Å²) in [6.45, 7) is 5.46. The van der Waals surface area contributed by atoms with Crippen LogP contribution in [0.15, 0.2) is 22.7 Å². The van der Waals surface area contributed by atoms with Gasteiger partial charge in [-0.2, -0.15) is 0 Å². The molecule has 98 valence electrons. The Hall–Kier alpha value is -0.250. The van der Waals surface area contributed by atoms with Gasteiger partial charge in [0.25, 0.3) is 0 Å². The first-order valence-corrected chi connectivity index (χ1v) is 7.50. The fraction of sp³-hybridized carbons (Fsp3) is 0.571. The SMILES string of the molecule is CC1(C)C(Nc2ccc(Cl)c(Br)c2)C2CCOC21. The van der Waals surface area contributed by atoms with Crippen molar-refractivity contribution in [3.05, 3.63) is 27.7 Å². The van der Waals surface area contributed by atoms with E-state index >= 15 is 0 Å². The number of halogens is 2. The van der Waals surface area contributed by atoms with Crippen molar-refractivity contribution in [2.75, 3.05) is 11.9 Å². The summed E-state index contributed by atoms with van der Waals surface area (Å²) in [6, 6.07) is 6.48. The second-order valence-electron chi connectivity index (χ2n) is 5.82. The molecule has 1 aromatic carbocycles. The largest absolute Gasteiger partial charge is 0.381 e. The second kappa shape index (κ2) is 4.39. The number of hydrogen-bond donors (Lipinski definition) is 1. The van der Waals surface area contributed by atoms with Crippen LogP contribution in [-0.2, 0) is 4.74 Å². The van der Waals surface area contributed by atoms with E-state index in [0.29, 0.717) is 18.1 Å². The fourth-order valence-electron chi connectivity index (χ4n) is 3.38. The predicted molar refractivity (Wildman–Crippen MR) is 78.2 cm³/mol. The highest BCUT2D eigenvalue weighted by Crippen LogP contribution is 2.53. The Kier molecular flexibility index (Phi) is 3.12. The average molecular weight is 331 g/mol. The molecule has 3 unspecified atom stereocenters. The Morgan fingerprint density at radius 3 is 2.94 bits per heavy atom. The van der Waals surface area contributed by atoms with E-state index in [0.717, 1.165) is 21.8 Å². The Morgan fingerprint density at radius 2 is 2.22 bits per heavy atom. The van der Waals surface area contributed by atoms with Crippen LogP contribution in [0.25, 0.3) is 0 Å². The molecule has 4 heteroatoms. The lowest BCUT2D eigenvalue weighted by molar-refractivity contribution is -0.0923. The van der Waals surface area contributed by atoms with E-state index in [1.165, 1.54) is 6.42 Å². The molecule has 1 heterocycles. The fourth-order valence-corrected chi connectivity index (χ4v) is 3.88. The molecule has 0 spiro atoms. The van der Waals surface area contributed by atoms with Crippen LogP contribution in [0.3, 0.4) is 0 Å². The molecular weight excluding hydrogens is 314 g/mol. The van der Waals surface area contributed by atoms with Gasteiger partial charge in [-0.25, -0.2) is 0 Å². The molecule has 0 bridgehead atoms. The van der Waals surface area contributed by atoms with Crippen LogP contribution < -0.4 is 5.32 Å². The number of rotatable bonds is 2. The number of benzene rings is 1. The van der Waals surface area contributed by atoms with Crippen LogP contribution in [0.1, 0.15) is 20.3 Å². The number of anilines is 1. The van der Waals surface area contributed by atoms with Gasteiger partial charge in [-0.15, -0.1) is 0 Å². The molecule has 18 heavy (non-hydrogen) atoms. The van der Waals surface area contributed by atoms with Crippen molar-refractivity contribution in [2.24, 2.45) is 11.3 Å². The summed E-state index contributed by atoms with van der Waals surface area (Å²) in [5.41, 5.74) is 1.32. The molecule has 1 aliphatic heterocycles. The molecule has 3 rings (SSSR count). The van der Waals surface area contributed by atoms with Crippen LogP contribution >= 0.6 is 27.5 Å². The number of ether oxygens (including phenoxy) is 1. The number of hydrogen-bond acceptors (Lipinski definition) is 2. The van der Waals surface area contributed by atoms with E-state index in [1.807, 2.05) is 18.2 Å². The van der Waals surface area contributed by atoms with Crippen molar-refractivity contribution >= 4 is 33.2 Å². The molecule has 1 N–H and O–H groups in total. The van der Waals surface area contributed by atoms with E-state index in [4.69, 9.17) is 16.3 Å². The molecule has 0 amide bonds. The molecule has 0 radical (unpaired) electrons. The summed E-state index contributed by atoms with van der Waals surface area (Å²) in [5, 5.41) is 4.39. The smallest absolute Gasteiger partial charge is 0.0694 e. The van der Waals surface area contributed by atoms with E-state index < -0.39 is 0 Å². The molecule has 1 aliphatic carbocycles. The van der Waals surface area contributed by atoms with Gasteiger partial charge in [0, 0.05) is 34.1 Å². The lowest BCUT2D eigenvalue weighted by atomic mass is 9.57. The Labute approximate surface area is 121 Å². The average Bonchev–Trinajstić information content (AvgIpc) is 2.77. The highest BCUT2D eigenvalue weighted by atomic mass is 79.9. The van der Waals surface area contributed by atoms with Gasteiger partial charge in [0.15, 0.2) is 0 Å². The minimum absolute atomic E-state index is 0.202. The zero-order valence-electron chi connectivity index (χ0n) is 10.5. The quantitative estimate of drug-likeness (QED) is 0.871. The number of fused-ring (bicyclic) bond motifs is 1. The van der Waals surface area contributed by atoms with Crippen LogP contribution in [-0.4, -0.2) is 18.8 Å². The third kappa shape index (κ3) is 1.87. The Balaban J connectivity index is 1.78. The summed E-state index contributed by atoms with van der Waals surface area (Å²) in [5.74, 6) is 0.648. The van der Waals surface area contributed by atoms with Crippen LogP contribution in [0.2, 0.25) is 5.02 Å². The van der Waals surface area contributed by atoms with Crippen molar-refractivity contribution in [1.29, 1.82) is 0 Å². The van der Waals surface area contributed by atoms with E-state index in [1.54, 1.807) is 0 Å². The van der Waals surface area contributed by atoms with Crippen molar-refractivity contribution in [3.8, 4) is 0 Å². The van der Waals surface area contributed by atoms with Gasteiger partial charge < -0.3 is 10.1 Å². The highest BCUT2D eigenvalue weighted by Gasteiger charge is 2.59. The maximum atomic E-state index is 6.02. The first-order chi connectivity index (χ1) is 8.50. The molecule has 3 atom stereocenters. The normalized spacial score (nSPS) is 32.8. The minimum atomic E-state index is 0.202. The molecule has 2 fully saturated rings. The topological polar surface area (TPSA) is 21.3 Å². The third-order valence-corrected chi connectivity index (χ3v) is 5.56. The summed E-state index contributed by atoms with van der Waals surface area (Å²) < 4.78 is 6.74. The van der Waals surface area contributed by atoms with Crippen molar-refractivity contribution in [2.45, 2.75) is 32.4 Å². The Bertz CT molecular complexity index is 477. The van der Waals surface area contributed by atoms with Crippen molar-refractivity contribution in [3.63, 3.8) is 0 Å². The lowest BCUT2D eigenvalue weighted by Crippen LogP contribution is -2.63. The lowest BCUT2D eigenvalue weighted by Gasteiger charge is -2.55. The molecule has 1 saturated carbocycles. The van der Waals surface area contributed by atoms with Gasteiger partial charge in [0.2, 0.25) is 0 Å². The van der Waals surface area contributed by atoms with Crippen molar-refractivity contribution < 1.29 is 4.74 Å². The highest BCUT2D eigenvalue weighted by molar-refractivity contribution is 9.10. The van der Waals surface area contributed by atoms with Crippen molar-refractivity contribution in [1.82, 2.24) is 0 Å². The van der Waals surface area contributed by atoms with Crippen LogP contribution in [0.5, 0.6) is 0 Å². The summed E-state index contributed by atoms with van der Waals surface area (Å²) in [4.78, 5) is 0. The van der Waals surface area contributed by atoms with E-state index in [9.17, 15) is 0 Å². The molecule has 0 aromatic heterocycles. The van der Waals surface area contributed by atoms with Gasteiger partial charge in [0.05, 0.1) is 11.1 Å². The predicted octanol–water partition coefficient (Wildman–Crippen LogP) is 4.33. The van der Waals surface area contributed by atoms with E-state index in [2.05, 4.69) is 35.1 Å². The summed E-state index contributed by atoms with van der Waals surface area (Å²) in [6.07, 6.45) is 1.59. The second-order valence-corrected chi connectivity index (χ2v) is 7.08. The van der Waals surface area contributed by atoms with Crippen LogP contribution in [0, 0.1) is 11.3 Å². The summed E-state index contributed by atoms with van der Waals surface area (Å²) >= 11 is 9.48. The molecule has 2 nitrogen and oxygen atoms in total.